The molecule has 140 valence electrons. The number of amides is 1. The van der Waals surface area contributed by atoms with Crippen LogP contribution in [0.25, 0.3) is 5.65 Å². The van der Waals surface area contributed by atoms with Gasteiger partial charge in [-0.15, -0.1) is 15.3 Å². The molecule has 27 heavy (non-hydrogen) atoms. The summed E-state index contributed by atoms with van der Waals surface area (Å²) in [5.74, 6) is 0.865. The zero-order chi connectivity index (χ0) is 18.8. The molecule has 9 heteroatoms. The summed E-state index contributed by atoms with van der Waals surface area (Å²) >= 11 is 5.93. The van der Waals surface area contributed by atoms with E-state index in [1.807, 2.05) is 17.0 Å². The molecule has 7 nitrogen and oxygen atoms in total. The number of hydrogen-bond donors (Lipinski definition) is 0. The number of carbonyl (C=O) groups excluding carboxylic acids is 1. The van der Waals surface area contributed by atoms with E-state index in [1.54, 1.807) is 29.0 Å². The highest BCUT2D eigenvalue weighted by Gasteiger charge is 2.22. The first-order chi connectivity index (χ1) is 13.1. The number of halogens is 2. The van der Waals surface area contributed by atoms with Crippen LogP contribution in [0.15, 0.2) is 36.7 Å². The van der Waals surface area contributed by atoms with E-state index < -0.39 is 6.67 Å². The second kappa shape index (κ2) is 7.48. The highest BCUT2D eigenvalue weighted by molar-refractivity contribution is 6.31. The molecular weight excluding hydrogens is 371 g/mol. The van der Waals surface area contributed by atoms with E-state index >= 15 is 0 Å². The molecule has 4 rings (SSSR count). The smallest absolute Gasteiger partial charge is 0.227 e. The minimum Gasteiger partial charge on any atom is -0.352 e. The minimum atomic E-state index is -0.636. The molecular formula is C18H18ClFN6O. The number of fused-ring (bicyclic) bond motifs is 1. The molecule has 1 aromatic carbocycles. The molecule has 0 N–H and O–H groups in total. The number of hydrogen-bond acceptors (Lipinski definition) is 5. The van der Waals surface area contributed by atoms with Crippen molar-refractivity contribution in [2.24, 2.45) is 0 Å². The fourth-order valence-corrected chi connectivity index (χ4v) is 3.37. The van der Waals surface area contributed by atoms with Crippen LogP contribution in [0.2, 0.25) is 5.02 Å². The Hall–Kier alpha value is -2.74. The lowest BCUT2D eigenvalue weighted by atomic mass is 10.1. The van der Waals surface area contributed by atoms with E-state index in [1.165, 1.54) is 0 Å². The van der Waals surface area contributed by atoms with E-state index in [4.69, 9.17) is 11.6 Å². The lowest BCUT2D eigenvalue weighted by molar-refractivity contribution is -0.130. The first-order valence-corrected chi connectivity index (χ1v) is 9.05. The molecule has 3 aromatic rings. The van der Waals surface area contributed by atoms with Crippen molar-refractivity contribution in [3.8, 4) is 0 Å². The van der Waals surface area contributed by atoms with E-state index in [-0.39, 0.29) is 12.3 Å². The molecule has 0 spiro atoms. The molecule has 0 atom stereocenters. The molecule has 0 aliphatic carbocycles. The van der Waals surface area contributed by atoms with Crippen LogP contribution in [0.4, 0.5) is 10.2 Å². The predicted molar refractivity (Wildman–Crippen MR) is 99.5 cm³/mol. The zero-order valence-corrected chi connectivity index (χ0v) is 15.3. The number of rotatable bonds is 4. The molecule has 2 aromatic heterocycles. The van der Waals surface area contributed by atoms with Gasteiger partial charge in [-0.25, -0.2) is 4.39 Å². The van der Waals surface area contributed by atoms with Gasteiger partial charge in [-0.2, -0.15) is 4.52 Å². The SMILES string of the molecule is O=C(Cc1ccc(Cl)c(CF)c1)N1CCN(c2ccc3nncn3n2)CC1. The summed E-state index contributed by atoms with van der Waals surface area (Å²) in [5.41, 5.74) is 1.89. The second-order valence-electron chi connectivity index (χ2n) is 6.43. The quantitative estimate of drug-likeness (QED) is 0.685. The molecule has 1 aliphatic heterocycles. The second-order valence-corrected chi connectivity index (χ2v) is 6.84. The maximum Gasteiger partial charge on any atom is 0.227 e. The number of nitrogens with zero attached hydrogens (tertiary/aromatic N) is 6. The van der Waals surface area contributed by atoms with Gasteiger partial charge >= 0.3 is 0 Å². The average Bonchev–Trinajstić information content (AvgIpc) is 3.17. The Labute approximate surface area is 160 Å². The number of anilines is 1. The lowest BCUT2D eigenvalue weighted by Gasteiger charge is -2.35. The molecule has 1 amide bonds. The molecule has 1 aliphatic rings. The minimum absolute atomic E-state index is 0.0315. The third-order valence-electron chi connectivity index (χ3n) is 4.71. The third-order valence-corrected chi connectivity index (χ3v) is 5.08. The van der Waals surface area contributed by atoms with Crippen LogP contribution in [0.1, 0.15) is 11.1 Å². The van der Waals surface area contributed by atoms with Gasteiger partial charge in [0.1, 0.15) is 18.8 Å². The normalized spacial score (nSPS) is 14.7. The van der Waals surface area contributed by atoms with Crippen molar-refractivity contribution in [1.82, 2.24) is 24.7 Å². The Morgan fingerprint density at radius 2 is 1.96 bits per heavy atom. The number of piperazine rings is 1. The maximum atomic E-state index is 12.9. The first kappa shape index (κ1) is 17.7. The van der Waals surface area contributed by atoms with Gasteiger partial charge in [0.2, 0.25) is 5.91 Å². The molecule has 3 heterocycles. The summed E-state index contributed by atoms with van der Waals surface area (Å²) in [7, 11) is 0. The Bertz CT molecular complexity index is 969. The highest BCUT2D eigenvalue weighted by Crippen LogP contribution is 2.20. The molecule has 1 fully saturated rings. The number of carbonyl (C=O) groups is 1. The predicted octanol–water partition coefficient (Wildman–Crippen LogP) is 2.14. The van der Waals surface area contributed by atoms with Crippen molar-refractivity contribution in [1.29, 1.82) is 0 Å². The number of aromatic nitrogens is 4. The van der Waals surface area contributed by atoms with Crippen molar-refractivity contribution < 1.29 is 9.18 Å². The van der Waals surface area contributed by atoms with Crippen LogP contribution in [-0.4, -0.2) is 56.8 Å². The van der Waals surface area contributed by atoms with Crippen molar-refractivity contribution in [3.63, 3.8) is 0 Å². The molecule has 0 unspecified atom stereocenters. The summed E-state index contributed by atoms with van der Waals surface area (Å²) < 4.78 is 14.6. The van der Waals surface area contributed by atoms with E-state index in [0.717, 1.165) is 11.4 Å². The summed E-state index contributed by atoms with van der Waals surface area (Å²) in [6.45, 7) is 1.99. The summed E-state index contributed by atoms with van der Waals surface area (Å²) in [5, 5.41) is 12.7. The van der Waals surface area contributed by atoms with Gasteiger partial charge in [0.15, 0.2) is 5.65 Å². The molecule has 1 saturated heterocycles. The Morgan fingerprint density at radius 1 is 1.15 bits per heavy atom. The molecule has 0 radical (unpaired) electrons. The molecule has 0 bridgehead atoms. The van der Waals surface area contributed by atoms with Crippen molar-refractivity contribution in [2.45, 2.75) is 13.1 Å². The van der Waals surface area contributed by atoms with Crippen LogP contribution in [0, 0.1) is 0 Å². The average molecular weight is 389 g/mol. The fraction of sp³-hybridized carbons (Fsp3) is 0.333. The summed E-state index contributed by atoms with van der Waals surface area (Å²) in [6.07, 6.45) is 1.81. The van der Waals surface area contributed by atoms with Gasteiger partial charge in [-0.1, -0.05) is 23.7 Å². The molecule has 0 saturated carbocycles. The topological polar surface area (TPSA) is 66.6 Å². The van der Waals surface area contributed by atoms with Crippen molar-refractivity contribution in [3.05, 3.63) is 52.8 Å². The Balaban J connectivity index is 1.37. The van der Waals surface area contributed by atoms with Gasteiger partial charge in [-0.3, -0.25) is 4.79 Å². The van der Waals surface area contributed by atoms with Crippen molar-refractivity contribution >= 4 is 29.0 Å². The van der Waals surface area contributed by atoms with Gasteiger partial charge < -0.3 is 9.80 Å². The van der Waals surface area contributed by atoms with Crippen molar-refractivity contribution in [2.75, 3.05) is 31.1 Å². The van der Waals surface area contributed by atoms with E-state index in [9.17, 15) is 9.18 Å². The van der Waals surface area contributed by atoms with Crippen LogP contribution < -0.4 is 4.90 Å². The third kappa shape index (κ3) is 3.71. The lowest BCUT2D eigenvalue weighted by Crippen LogP contribution is -2.49. The zero-order valence-electron chi connectivity index (χ0n) is 14.6. The van der Waals surface area contributed by atoms with Crippen LogP contribution >= 0.6 is 11.6 Å². The number of benzene rings is 1. The van der Waals surface area contributed by atoms with Gasteiger partial charge in [0.25, 0.3) is 0 Å². The first-order valence-electron chi connectivity index (χ1n) is 8.67. The monoisotopic (exact) mass is 388 g/mol. The van der Waals surface area contributed by atoms with Gasteiger partial charge in [0.05, 0.1) is 6.42 Å². The number of alkyl halides is 1. The largest absolute Gasteiger partial charge is 0.352 e. The fourth-order valence-electron chi connectivity index (χ4n) is 3.20. The van der Waals surface area contributed by atoms with Crippen LogP contribution in [0.5, 0.6) is 0 Å². The Kier molecular flexibility index (Phi) is 4.89. The van der Waals surface area contributed by atoms with Crippen LogP contribution in [-0.2, 0) is 17.9 Å². The van der Waals surface area contributed by atoms with E-state index in [2.05, 4.69) is 20.2 Å². The van der Waals surface area contributed by atoms with E-state index in [0.29, 0.717) is 42.4 Å². The van der Waals surface area contributed by atoms with Gasteiger partial charge in [0, 0.05) is 36.8 Å². The highest BCUT2D eigenvalue weighted by atomic mass is 35.5. The summed E-state index contributed by atoms with van der Waals surface area (Å²) in [6, 6.07) is 8.86. The Morgan fingerprint density at radius 3 is 2.74 bits per heavy atom. The standard InChI is InChI=1S/C18H18ClFN6O/c19-15-2-1-13(9-14(15)11-20)10-18(27)25-7-5-24(6-8-25)17-4-3-16-22-21-12-26(16)23-17/h1-4,9,12H,5-8,10-11H2. The maximum absolute atomic E-state index is 12.9. The van der Waals surface area contributed by atoms with Gasteiger partial charge in [-0.05, 0) is 23.8 Å². The summed E-state index contributed by atoms with van der Waals surface area (Å²) in [4.78, 5) is 16.5. The van der Waals surface area contributed by atoms with Crippen LogP contribution in [0.3, 0.4) is 0 Å².